The number of likely N-dealkylation sites (tertiary alicyclic amines) is 1. The summed E-state index contributed by atoms with van der Waals surface area (Å²) in [6, 6.07) is 7.76. The number of hydrogen-bond acceptors (Lipinski definition) is 8. The lowest BCUT2D eigenvalue weighted by Gasteiger charge is -2.16. The Bertz CT molecular complexity index is 1140. The molecule has 172 valence electrons. The quantitative estimate of drug-likeness (QED) is 0.484. The molecule has 3 heterocycles. The van der Waals surface area contributed by atoms with Gasteiger partial charge in [-0.3, -0.25) is 9.59 Å². The Morgan fingerprint density at radius 1 is 1.18 bits per heavy atom. The zero-order valence-corrected chi connectivity index (χ0v) is 19.7. The fourth-order valence-corrected chi connectivity index (χ4v) is 4.46. The number of benzene rings is 1. The molecule has 3 aromatic rings. The van der Waals surface area contributed by atoms with E-state index >= 15 is 0 Å². The number of nitrogens with zero attached hydrogens (tertiary/aromatic N) is 4. The molecule has 2 aromatic heterocycles. The molecule has 1 aliphatic rings. The van der Waals surface area contributed by atoms with E-state index in [1.165, 1.54) is 11.3 Å². The van der Waals surface area contributed by atoms with Crippen LogP contribution in [0.3, 0.4) is 0 Å². The summed E-state index contributed by atoms with van der Waals surface area (Å²) >= 11 is 1.25. The van der Waals surface area contributed by atoms with E-state index < -0.39 is 0 Å². The predicted molar refractivity (Wildman–Crippen MR) is 130 cm³/mol. The lowest BCUT2D eigenvalue weighted by Crippen LogP contribution is -2.31. The third kappa shape index (κ3) is 5.46. The average Bonchev–Trinajstić information content (AvgIpc) is 3.46. The number of amides is 2. The Kier molecular flexibility index (Phi) is 6.83. The second kappa shape index (κ2) is 9.95. The third-order valence-corrected chi connectivity index (χ3v) is 6.43. The Balaban J connectivity index is 1.37. The first-order valence-corrected chi connectivity index (χ1v) is 11.7. The van der Waals surface area contributed by atoms with Crippen molar-refractivity contribution in [3.63, 3.8) is 0 Å². The molecular weight excluding hydrogens is 438 g/mol. The van der Waals surface area contributed by atoms with Crippen LogP contribution < -0.4 is 16.0 Å². The van der Waals surface area contributed by atoms with E-state index in [9.17, 15) is 9.59 Å². The Labute approximate surface area is 196 Å². The van der Waals surface area contributed by atoms with E-state index in [0.29, 0.717) is 34.7 Å². The molecule has 9 nitrogen and oxygen atoms in total. The number of thiazole rings is 1. The molecule has 1 aromatic carbocycles. The van der Waals surface area contributed by atoms with Gasteiger partial charge in [0.15, 0.2) is 5.13 Å². The first-order valence-electron chi connectivity index (χ1n) is 10.9. The predicted octanol–water partition coefficient (Wildman–Crippen LogP) is 3.97. The van der Waals surface area contributed by atoms with Crippen LogP contribution in [0.4, 0.5) is 22.6 Å². The minimum atomic E-state index is -0.199. The number of carbonyl (C=O) groups excluding carboxylic acids is 2. The van der Waals surface area contributed by atoms with Gasteiger partial charge in [-0.1, -0.05) is 36.5 Å². The highest BCUT2D eigenvalue weighted by Crippen LogP contribution is 2.25. The van der Waals surface area contributed by atoms with E-state index in [4.69, 9.17) is 0 Å². The molecule has 3 N–H and O–H groups in total. The number of nitrogens with one attached hydrogen (secondary N) is 3. The summed E-state index contributed by atoms with van der Waals surface area (Å²) in [5.41, 5.74) is 2.84. The summed E-state index contributed by atoms with van der Waals surface area (Å²) in [7, 11) is 0. The summed E-state index contributed by atoms with van der Waals surface area (Å²) in [5.74, 6) is 1.02. The molecule has 2 amide bonds. The largest absolute Gasteiger partial charge is 0.350 e. The number of carbonyl (C=O) groups is 2. The number of rotatable bonds is 7. The highest BCUT2D eigenvalue weighted by atomic mass is 32.1. The molecular formula is C23H27N7O2S. The number of para-hydroxylation sites is 1. The molecule has 1 aliphatic heterocycles. The van der Waals surface area contributed by atoms with Crippen molar-refractivity contribution in [2.24, 2.45) is 0 Å². The summed E-state index contributed by atoms with van der Waals surface area (Å²) in [4.78, 5) is 40.0. The van der Waals surface area contributed by atoms with E-state index in [1.54, 1.807) is 18.5 Å². The SMILES string of the molecule is CCC(=O)N1CC[C@H](Nc2nccc(Nc3ncc(C(=O)Nc4c(C)cccc4C)s3)n2)C1. The highest BCUT2D eigenvalue weighted by molar-refractivity contribution is 7.17. The Hall–Kier alpha value is -3.53. The van der Waals surface area contributed by atoms with Crippen molar-refractivity contribution in [3.8, 4) is 0 Å². The minimum Gasteiger partial charge on any atom is -0.350 e. The van der Waals surface area contributed by atoms with E-state index in [1.807, 2.05) is 43.9 Å². The Morgan fingerprint density at radius 3 is 2.73 bits per heavy atom. The van der Waals surface area contributed by atoms with Crippen molar-refractivity contribution in [2.75, 3.05) is 29.0 Å². The molecule has 0 spiro atoms. The van der Waals surface area contributed by atoms with Gasteiger partial charge in [0.25, 0.3) is 5.91 Å². The van der Waals surface area contributed by atoms with Crippen molar-refractivity contribution in [2.45, 2.75) is 39.7 Å². The molecule has 0 saturated carbocycles. The van der Waals surface area contributed by atoms with E-state index in [0.717, 1.165) is 29.8 Å². The molecule has 0 unspecified atom stereocenters. The van der Waals surface area contributed by atoms with Gasteiger partial charge in [-0.05, 0) is 37.5 Å². The van der Waals surface area contributed by atoms with Crippen LogP contribution in [0.2, 0.25) is 0 Å². The van der Waals surface area contributed by atoms with Crippen molar-refractivity contribution in [1.82, 2.24) is 19.9 Å². The molecule has 1 atom stereocenters. The maximum absolute atomic E-state index is 12.7. The van der Waals surface area contributed by atoms with E-state index in [2.05, 4.69) is 30.9 Å². The number of aromatic nitrogens is 3. The summed E-state index contributed by atoms with van der Waals surface area (Å²) in [6.45, 7) is 7.20. The van der Waals surface area contributed by atoms with Crippen LogP contribution >= 0.6 is 11.3 Å². The minimum absolute atomic E-state index is 0.121. The normalized spacial score (nSPS) is 15.4. The first kappa shape index (κ1) is 22.7. The van der Waals surface area contributed by atoms with Gasteiger partial charge < -0.3 is 20.9 Å². The van der Waals surface area contributed by atoms with Gasteiger partial charge in [0.05, 0.1) is 6.20 Å². The van der Waals surface area contributed by atoms with Gasteiger partial charge in [-0.2, -0.15) is 4.98 Å². The van der Waals surface area contributed by atoms with Crippen molar-refractivity contribution in [1.29, 1.82) is 0 Å². The molecule has 4 rings (SSSR count). The van der Waals surface area contributed by atoms with Crippen LogP contribution in [-0.4, -0.2) is 50.8 Å². The smallest absolute Gasteiger partial charge is 0.267 e. The van der Waals surface area contributed by atoms with Crippen molar-refractivity contribution in [3.05, 3.63) is 52.7 Å². The summed E-state index contributed by atoms with van der Waals surface area (Å²) in [6.07, 6.45) is 4.58. The van der Waals surface area contributed by atoms with Gasteiger partial charge in [-0.15, -0.1) is 0 Å². The van der Waals surface area contributed by atoms with Crippen LogP contribution in [-0.2, 0) is 4.79 Å². The zero-order chi connectivity index (χ0) is 23.4. The molecule has 1 saturated heterocycles. The van der Waals surface area contributed by atoms with Gasteiger partial charge in [0.2, 0.25) is 11.9 Å². The summed E-state index contributed by atoms with van der Waals surface area (Å²) < 4.78 is 0. The molecule has 33 heavy (non-hydrogen) atoms. The topological polar surface area (TPSA) is 112 Å². The van der Waals surface area contributed by atoms with Crippen molar-refractivity contribution < 1.29 is 9.59 Å². The zero-order valence-electron chi connectivity index (χ0n) is 18.9. The number of anilines is 4. The lowest BCUT2D eigenvalue weighted by atomic mass is 10.1. The maximum atomic E-state index is 12.7. The second-order valence-electron chi connectivity index (χ2n) is 7.96. The molecule has 0 aliphatic carbocycles. The molecule has 0 radical (unpaired) electrons. The average molecular weight is 466 g/mol. The van der Waals surface area contributed by atoms with Gasteiger partial charge in [0.1, 0.15) is 10.7 Å². The number of hydrogen-bond donors (Lipinski definition) is 3. The highest BCUT2D eigenvalue weighted by Gasteiger charge is 2.25. The molecule has 1 fully saturated rings. The van der Waals surface area contributed by atoms with Gasteiger partial charge in [-0.25, -0.2) is 9.97 Å². The van der Waals surface area contributed by atoms with Gasteiger partial charge in [0, 0.05) is 37.4 Å². The monoisotopic (exact) mass is 465 g/mol. The fraction of sp³-hybridized carbons (Fsp3) is 0.348. The van der Waals surface area contributed by atoms with Crippen LogP contribution in [0.1, 0.15) is 40.6 Å². The fourth-order valence-electron chi connectivity index (χ4n) is 3.74. The maximum Gasteiger partial charge on any atom is 0.267 e. The number of aryl methyl sites for hydroxylation is 2. The van der Waals surface area contributed by atoms with Crippen LogP contribution in [0.25, 0.3) is 0 Å². The standard InChI is InChI=1S/C23H27N7O2S/c1-4-19(31)30-11-9-16(13-30)26-22-24-10-8-18(27-22)28-23-25-12-17(33-23)21(32)29-20-14(2)6-5-7-15(20)3/h5-8,10,12,16H,4,9,11,13H2,1-3H3,(H,29,32)(H2,24,25,26,27,28)/t16-/m0/s1. The first-order chi connectivity index (χ1) is 15.9. The van der Waals surface area contributed by atoms with Crippen LogP contribution in [0, 0.1) is 13.8 Å². The third-order valence-electron chi connectivity index (χ3n) is 5.52. The van der Waals surface area contributed by atoms with Crippen molar-refractivity contribution >= 4 is 45.7 Å². The molecule has 0 bridgehead atoms. The van der Waals surface area contributed by atoms with Gasteiger partial charge >= 0.3 is 0 Å². The summed E-state index contributed by atoms with van der Waals surface area (Å²) in [5, 5.41) is 9.98. The van der Waals surface area contributed by atoms with Crippen LogP contribution in [0.5, 0.6) is 0 Å². The van der Waals surface area contributed by atoms with E-state index in [-0.39, 0.29) is 17.9 Å². The Morgan fingerprint density at radius 2 is 1.97 bits per heavy atom. The second-order valence-corrected chi connectivity index (χ2v) is 8.99. The lowest BCUT2D eigenvalue weighted by molar-refractivity contribution is -0.129. The molecule has 10 heteroatoms. The van der Waals surface area contributed by atoms with Crippen LogP contribution in [0.15, 0.2) is 36.7 Å².